The van der Waals surface area contributed by atoms with Gasteiger partial charge in [0.2, 0.25) is 0 Å². The highest BCUT2D eigenvalue weighted by Crippen LogP contribution is 2.51. The lowest BCUT2D eigenvalue weighted by Gasteiger charge is -2.39. The van der Waals surface area contributed by atoms with Gasteiger partial charge < -0.3 is 14.4 Å². The van der Waals surface area contributed by atoms with Gasteiger partial charge in [0.1, 0.15) is 16.9 Å². The van der Waals surface area contributed by atoms with E-state index in [-0.39, 0.29) is 22.6 Å². The van der Waals surface area contributed by atoms with E-state index in [1.165, 1.54) is 17.8 Å². The van der Waals surface area contributed by atoms with Crippen LogP contribution in [-0.4, -0.2) is 31.0 Å². The van der Waals surface area contributed by atoms with Crippen molar-refractivity contribution in [3.05, 3.63) is 57.5 Å². The minimum atomic E-state index is -1.20. The maximum Gasteiger partial charge on any atom is 0.341 e. The Bertz CT molecular complexity index is 1370. The molecule has 2 aliphatic rings. The molecule has 0 fully saturated rings. The summed E-state index contributed by atoms with van der Waals surface area (Å²) in [7, 11) is 1.88. The molecule has 0 aliphatic carbocycles. The van der Waals surface area contributed by atoms with Crippen LogP contribution in [0.4, 0.5) is 0 Å². The van der Waals surface area contributed by atoms with Crippen molar-refractivity contribution in [2.45, 2.75) is 59.1 Å². The highest BCUT2D eigenvalue weighted by molar-refractivity contribution is 5.88. The number of aryl methyl sites for hydroxylation is 1. The highest BCUT2D eigenvalue weighted by atomic mass is 16.5. The van der Waals surface area contributed by atoms with E-state index in [1.807, 2.05) is 23.9 Å². The summed E-state index contributed by atoms with van der Waals surface area (Å²) in [4.78, 5) is 24.5. The Morgan fingerprint density at radius 2 is 1.94 bits per heavy atom. The molecule has 2 aliphatic heterocycles. The number of carboxylic acids is 1. The third kappa shape index (κ3) is 3.37. The van der Waals surface area contributed by atoms with Gasteiger partial charge in [0.25, 0.3) is 0 Å². The van der Waals surface area contributed by atoms with Crippen LogP contribution in [0.5, 0.6) is 5.75 Å². The van der Waals surface area contributed by atoms with Crippen molar-refractivity contribution in [3.8, 4) is 28.3 Å². The molecule has 1 aromatic carbocycles. The first-order valence-electron chi connectivity index (χ1n) is 11.2. The van der Waals surface area contributed by atoms with Gasteiger partial charge in [-0.15, -0.1) is 0 Å². The van der Waals surface area contributed by atoms with Crippen LogP contribution in [0.2, 0.25) is 0 Å². The number of pyridine rings is 1. The van der Waals surface area contributed by atoms with Crippen molar-refractivity contribution in [3.63, 3.8) is 0 Å². The molecule has 0 radical (unpaired) electrons. The summed E-state index contributed by atoms with van der Waals surface area (Å²) < 4.78 is 10.2. The first-order chi connectivity index (χ1) is 15.4. The SMILES string of the molecule is Cn1ccc(-c2cc3c(c4c2OC(C)(C)C4)CC(C(C)(C)C)n2cc(C(=O)O)c(=O)cc2-3)n1. The topological polar surface area (TPSA) is 86.4 Å². The molecule has 1 atom stereocenters. The highest BCUT2D eigenvalue weighted by Gasteiger charge is 2.40. The predicted octanol–water partition coefficient (Wildman–Crippen LogP) is 4.47. The number of fused-ring (bicyclic) bond motifs is 5. The monoisotopic (exact) mass is 447 g/mol. The lowest BCUT2D eigenvalue weighted by atomic mass is 9.76. The fourth-order valence-corrected chi connectivity index (χ4v) is 5.21. The fraction of sp³-hybridized carbons (Fsp3) is 0.423. The third-order valence-corrected chi connectivity index (χ3v) is 6.79. The second-order valence-corrected chi connectivity index (χ2v) is 10.9. The van der Waals surface area contributed by atoms with Crippen LogP contribution in [-0.2, 0) is 19.9 Å². The van der Waals surface area contributed by atoms with Crippen LogP contribution >= 0.6 is 0 Å². The van der Waals surface area contributed by atoms with Crippen LogP contribution in [0.15, 0.2) is 35.4 Å². The Hall–Kier alpha value is -3.35. The molecule has 1 N–H and O–H groups in total. The summed E-state index contributed by atoms with van der Waals surface area (Å²) >= 11 is 0. The lowest BCUT2D eigenvalue weighted by Crippen LogP contribution is -2.33. The van der Waals surface area contributed by atoms with E-state index in [1.54, 1.807) is 4.68 Å². The molecule has 2 aromatic heterocycles. The van der Waals surface area contributed by atoms with Crippen molar-refractivity contribution >= 4 is 5.97 Å². The molecular weight excluding hydrogens is 418 g/mol. The molecule has 1 unspecified atom stereocenters. The number of carboxylic acid groups (broad SMARTS) is 1. The summed E-state index contributed by atoms with van der Waals surface area (Å²) in [5, 5.41) is 14.2. The van der Waals surface area contributed by atoms with E-state index in [0.29, 0.717) is 0 Å². The van der Waals surface area contributed by atoms with Crippen LogP contribution in [0.25, 0.3) is 22.5 Å². The quantitative estimate of drug-likeness (QED) is 0.626. The average Bonchev–Trinajstić information content (AvgIpc) is 3.27. The number of rotatable bonds is 2. The van der Waals surface area contributed by atoms with Gasteiger partial charge in [-0.25, -0.2) is 4.79 Å². The van der Waals surface area contributed by atoms with Gasteiger partial charge >= 0.3 is 5.97 Å². The zero-order valence-electron chi connectivity index (χ0n) is 19.9. The van der Waals surface area contributed by atoms with E-state index in [4.69, 9.17) is 4.74 Å². The van der Waals surface area contributed by atoms with Crippen molar-refractivity contribution in [2.75, 3.05) is 0 Å². The molecule has 7 heteroatoms. The normalized spacial score (nSPS) is 18.3. The second-order valence-electron chi connectivity index (χ2n) is 10.9. The van der Waals surface area contributed by atoms with Crippen molar-refractivity contribution < 1.29 is 14.6 Å². The van der Waals surface area contributed by atoms with Crippen molar-refractivity contribution in [1.29, 1.82) is 0 Å². The number of aromatic nitrogens is 3. The van der Waals surface area contributed by atoms with E-state index in [9.17, 15) is 14.7 Å². The van der Waals surface area contributed by atoms with Gasteiger partial charge in [-0.05, 0) is 43.4 Å². The molecule has 0 amide bonds. The molecule has 5 rings (SSSR count). The second kappa shape index (κ2) is 6.83. The molecule has 7 nitrogen and oxygen atoms in total. The van der Waals surface area contributed by atoms with Gasteiger partial charge in [0.15, 0.2) is 5.43 Å². The number of nitrogens with zero attached hydrogens (tertiary/aromatic N) is 3. The standard InChI is InChI=1S/C26H29N3O4/c1-25(2,3)22-10-14-15(20-11-21(30)18(24(31)32)13-29(20)22)9-16(19-7-8-28(6)27-19)23-17(14)12-26(4,5)33-23/h7-9,11,13,22H,10,12H2,1-6H3,(H,31,32). The Labute approximate surface area is 192 Å². The zero-order chi connectivity index (χ0) is 23.9. The van der Waals surface area contributed by atoms with Gasteiger partial charge in [0, 0.05) is 54.7 Å². The average molecular weight is 448 g/mol. The van der Waals surface area contributed by atoms with Crippen LogP contribution in [0, 0.1) is 5.41 Å². The van der Waals surface area contributed by atoms with Crippen LogP contribution < -0.4 is 10.2 Å². The Kier molecular flexibility index (Phi) is 4.45. The number of ether oxygens (including phenoxy) is 1. The van der Waals surface area contributed by atoms with Gasteiger partial charge in [-0.2, -0.15) is 5.10 Å². The van der Waals surface area contributed by atoms with E-state index in [0.717, 1.165) is 46.7 Å². The van der Waals surface area contributed by atoms with Gasteiger partial charge in [0.05, 0.1) is 11.4 Å². The van der Waals surface area contributed by atoms with Gasteiger partial charge in [-0.1, -0.05) is 20.8 Å². The smallest absolute Gasteiger partial charge is 0.341 e. The molecule has 0 bridgehead atoms. The van der Waals surface area contributed by atoms with E-state index in [2.05, 4.69) is 45.8 Å². The maximum atomic E-state index is 12.8. The summed E-state index contributed by atoms with van der Waals surface area (Å²) in [5.41, 5.74) is 4.56. The number of hydrogen-bond acceptors (Lipinski definition) is 4. The summed E-state index contributed by atoms with van der Waals surface area (Å²) in [5.74, 6) is -0.338. The Balaban J connectivity index is 1.85. The molecule has 0 saturated carbocycles. The molecule has 4 heterocycles. The summed E-state index contributed by atoms with van der Waals surface area (Å²) in [6.45, 7) is 10.6. The van der Waals surface area contributed by atoms with Crippen LogP contribution in [0.3, 0.4) is 0 Å². The van der Waals surface area contributed by atoms with Crippen LogP contribution in [0.1, 0.15) is 62.1 Å². The maximum absolute atomic E-state index is 12.8. The zero-order valence-corrected chi connectivity index (χ0v) is 19.9. The number of benzene rings is 1. The van der Waals surface area contributed by atoms with Crippen molar-refractivity contribution in [2.24, 2.45) is 12.5 Å². The molecule has 172 valence electrons. The number of carbonyl (C=O) groups is 1. The Morgan fingerprint density at radius 1 is 1.21 bits per heavy atom. The van der Waals surface area contributed by atoms with Gasteiger partial charge in [-0.3, -0.25) is 9.48 Å². The number of aromatic carboxylic acids is 1. The molecule has 33 heavy (non-hydrogen) atoms. The largest absolute Gasteiger partial charge is 0.487 e. The number of hydrogen-bond donors (Lipinski definition) is 1. The van der Waals surface area contributed by atoms with Crippen molar-refractivity contribution in [1.82, 2.24) is 14.3 Å². The minimum Gasteiger partial charge on any atom is -0.487 e. The van der Waals surface area contributed by atoms with E-state index < -0.39 is 11.4 Å². The molecule has 0 saturated heterocycles. The Morgan fingerprint density at radius 3 is 2.55 bits per heavy atom. The fourth-order valence-electron chi connectivity index (χ4n) is 5.21. The third-order valence-electron chi connectivity index (χ3n) is 6.79. The minimum absolute atomic E-state index is 0.00721. The summed E-state index contributed by atoms with van der Waals surface area (Å²) in [6, 6.07) is 5.49. The summed E-state index contributed by atoms with van der Waals surface area (Å²) in [6.07, 6.45) is 4.92. The molecule has 3 aromatic rings. The first kappa shape index (κ1) is 21.5. The first-order valence-corrected chi connectivity index (χ1v) is 11.2. The van der Waals surface area contributed by atoms with E-state index >= 15 is 0 Å². The molecular formula is C26H29N3O4. The lowest BCUT2D eigenvalue weighted by molar-refractivity contribution is 0.0693. The molecule has 0 spiro atoms. The predicted molar refractivity (Wildman–Crippen MR) is 126 cm³/mol.